The summed E-state index contributed by atoms with van der Waals surface area (Å²) in [6.07, 6.45) is -0.231. The molecule has 1 aromatic rings. The molecule has 0 aromatic heterocycles. The lowest BCUT2D eigenvalue weighted by molar-refractivity contribution is -0.139. The third kappa shape index (κ3) is 4.91. The lowest BCUT2D eigenvalue weighted by Crippen LogP contribution is -2.55. The number of carbonyl (C=O) groups is 3. The Bertz CT molecular complexity index is 1010. The van der Waals surface area contributed by atoms with Gasteiger partial charge in [0.25, 0.3) is 0 Å². The number of likely N-dealkylation sites (N-methyl/N-ethyl adjacent to an activating group) is 1. The highest BCUT2D eigenvalue weighted by atomic mass is 79.9. The van der Waals surface area contributed by atoms with Crippen LogP contribution in [0.4, 0.5) is 9.18 Å². The second-order valence-corrected chi connectivity index (χ2v) is 8.93. The number of nitrogens with one attached hydrogen (secondary N) is 3. The van der Waals surface area contributed by atoms with Crippen LogP contribution in [0, 0.1) is 11.3 Å². The average Bonchev–Trinajstić information content (AvgIpc) is 2.76. The van der Waals surface area contributed by atoms with E-state index in [1.165, 1.54) is 7.05 Å². The van der Waals surface area contributed by atoms with Crippen LogP contribution in [0.3, 0.4) is 0 Å². The molecule has 0 unspecified atom stereocenters. The molecule has 11 heteroatoms. The van der Waals surface area contributed by atoms with Gasteiger partial charge in [-0.1, -0.05) is 15.9 Å². The first-order chi connectivity index (χ1) is 15.1. The number of halogens is 2. The van der Waals surface area contributed by atoms with Gasteiger partial charge >= 0.3 is 17.9 Å². The molecule has 1 fully saturated rings. The molecule has 1 aromatic carbocycles. The normalized spacial score (nSPS) is 25.6. The van der Waals surface area contributed by atoms with Crippen molar-refractivity contribution < 1.29 is 23.5 Å². The van der Waals surface area contributed by atoms with Crippen LogP contribution in [0.15, 0.2) is 27.8 Å². The van der Waals surface area contributed by atoms with Gasteiger partial charge in [0, 0.05) is 29.5 Å². The molecule has 1 saturated carbocycles. The zero-order chi connectivity index (χ0) is 23.5. The van der Waals surface area contributed by atoms with Crippen LogP contribution >= 0.6 is 15.9 Å². The second-order valence-electron chi connectivity index (χ2n) is 8.07. The van der Waals surface area contributed by atoms with E-state index in [0.717, 1.165) is 0 Å². The maximum atomic E-state index is 15.6. The van der Waals surface area contributed by atoms with E-state index in [-0.39, 0.29) is 32.1 Å². The summed E-state index contributed by atoms with van der Waals surface area (Å²) in [5.74, 6) is -1.61. The maximum Gasteiger partial charge on any atom is 0.428 e. The van der Waals surface area contributed by atoms with E-state index in [4.69, 9.17) is 4.74 Å². The highest BCUT2D eigenvalue weighted by molar-refractivity contribution is 9.10. The van der Waals surface area contributed by atoms with Crippen LogP contribution in [0.5, 0.6) is 0 Å². The van der Waals surface area contributed by atoms with E-state index < -0.39 is 35.2 Å². The van der Waals surface area contributed by atoms with Crippen molar-refractivity contribution in [3.05, 3.63) is 33.8 Å². The van der Waals surface area contributed by atoms with Crippen LogP contribution in [-0.4, -0.2) is 48.0 Å². The molecule has 0 saturated heterocycles. The first-order valence-corrected chi connectivity index (χ1v) is 10.9. The van der Waals surface area contributed by atoms with Gasteiger partial charge in [-0.25, -0.2) is 14.6 Å². The van der Waals surface area contributed by atoms with Crippen LogP contribution in [0.25, 0.3) is 0 Å². The van der Waals surface area contributed by atoms with E-state index in [2.05, 4.69) is 43.2 Å². The highest BCUT2D eigenvalue weighted by Gasteiger charge is 2.51. The zero-order valence-electron chi connectivity index (χ0n) is 17.6. The van der Waals surface area contributed by atoms with E-state index in [0.29, 0.717) is 21.3 Å². The SMILES string of the molecule is CNC(=O)C(=O)N[C@@H](C)CC1(F)CCC2(CC1)OC(=O)NN=C2c1cc(C#N)ccc1Br. The summed E-state index contributed by atoms with van der Waals surface area (Å²) in [6, 6.07) is 6.49. The van der Waals surface area contributed by atoms with Crippen molar-refractivity contribution in [1.82, 2.24) is 16.1 Å². The number of nitrogens with zero attached hydrogens (tertiary/aromatic N) is 2. The highest BCUT2D eigenvalue weighted by Crippen LogP contribution is 2.45. The van der Waals surface area contributed by atoms with Gasteiger partial charge in [-0.05, 0) is 50.8 Å². The van der Waals surface area contributed by atoms with Crippen molar-refractivity contribution >= 4 is 39.5 Å². The van der Waals surface area contributed by atoms with Crippen LogP contribution in [-0.2, 0) is 14.3 Å². The van der Waals surface area contributed by atoms with Gasteiger partial charge in [0.05, 0.1) is 11.6 Å². The second kappa shape index (κ2) is 9.24. The Morgan fingerprint density at radius 3 is 2.66 bits per heavy atom. The van der Waals surface area contributed by atoms with Crippen molar-refractivity contribution in [2.75, 3.05) is 7.05 Å². The van der Waals surface area contributed by atoms with E-state index in [9.17, 15) is 19.6 Å². The van der Waals surface area contributed by atoms with E-state index >= 15 is 4.39 Å². The fourth-order valence-corrected chi connectivity index (χ4v) is 4.62. The van der Waals surface area contributed by atoms with Crippen LogP contribution < -0.4 is 16.1 Å². The van der Waals surface area contributed by atoms with Gasteiger partial charge < -0.3 is 15.4 Å². The molecule has 3 rings (SSSR count). The minimum atomic E-state index is -1.62. The molecule has 170 valence electrons. The van der Waals surface area contributed by atoms with Gasteiger partial charge in [-0.2, -0.15) is 10.4 Å². The Morgan fingerprint density at radius 2 is 2.03 bits per heavy atom. The molecule has 3 amide bonds. The van der Waals surface area contributed by atoms with Crippen molar-refractivity contribution in [2.45, 2.75) is 56.3 Å². The lowest BCUT2D eigenvalue weighted by atomic mass is 9.71. The molecule has 1 heterocycles. The third-order valence-electron chi connectivity index (χ3n) is 5.77. The number of ether oxygens (including phenoxy) is 1. The van der Waals surface area contributed by atoms with Gasteiger partial charge in [-0.3, -0.25) is 9.59 Å². The monoisotopic (exact) mass is 507 g/mol. The molecule has 1 aliphatic carbocycles. The van der Waals surface area contributed by atoms with Gasteiger partial charge in [0.1, 0.15) is 11.4 Å². The third-order valence-corrected chi connectivity index (χ3v) is 6.46. The summed E-state index contributed by atoms with van der Waals surface area (Å²) < 4.78 is 21.9. The first kappa shape index (κ1) is 23.7. The molecule has 9 nitrogen and oxygen atoms in total. The van der Waals surface area contributed by atoms with E-state index in [1.54, 1.807) is 25.1 Å². The predicted molar refractivity (Wildman–Crippen MR) is 116 cm³/mol. The number of benzene rings is 1. The summed E-state index contributed by atoms with van der Waals surface area (Å²) >= 11 is 3.45. The number of carbonyl (C=O) groups excluding carboxylic acids is 3. The van der Waals surface area contributed by atoms with Crippen molar-refractivity contribution in [3.63, 3.8) is 0 Å². The summed E-state index contributed by atoms with van der Waals surface area (Å²) in [4.78, 5) is 35.1. The number of rotatable bonds is 4. The fourth-order valence-electron chi connectivity index (χ4n) is 4.18. The van der Waals surface area contributed by atoms with Crippen LogP contribution in [0.1, 0.15) is 50.2 Å². The van der Waals surface area contributed by atoms with Gasteiger partial charge in [-0.15, -0.1) is 0 Å². The Morgan fingerprint density at radius 1 is 1.34 bits per heavy atom. The average molecular weight is 508 g/mol. The predicted octanol–water partition coefficient (Wildman–Crippen LogP) is 2.43. The van der Waals surface area contributed by atoms with Gasteiger partial charge in [0.15, 0.2) is 5.60 Å². The van der Waals surface area contributed by atoms with Crippen molar-refractivity contribution in [3.8, 4) is 6.07 Å². The quantitative estimate of drug-likeness (QED) is 0.538. The molecule has 0 bridgehead atoms. The molecule has 1 spiro atoms. The Balaban J connectivity index is 1.78. The smallest absolute Gasteiger partial charge is 0.428 e. The first-order valence-electron chi connectivity index (χ1n) is 10.1. The number of nitriles is 1. The standard InChI is InChI=1S/C21H23BrFN5O4/c1-12(26-18(30)17(29)25-2)10-20(23)5-7-21(8-6-20)16(27-28-19(31)32-21)14-9-13(11-24)3-4-15(14)22/h3-4,9,12H,5-8,10H2,1-2H3,(H,25,29)(H,26,30)(H,28,31)/t12-,20?,21?/m0/s1. The van der Waals surface area contributed by atoms with Crippen LogP contribution in [0.2, 0.25) is 0 Å². The summed E-state index contributed by atoms with van der Waals surface area (Å²) in [7, 11) is 1.34. The number of alkyl halides is 1. The molecule has 0 radical (unpaired) electrons. The number of amides is 3. The molecular formula is C21H23BrFN5O4. The largest absolute Gasteiger partial charge is 0.435 e. The molecule has 3 N–H and O–H groups in total. The minimum absolute atomic E-state index is 0.0120. The maximum absolute atomic E-state index is 15.6. The van der Waals surface area contributed by atoms with E-state index in [1.807, 2.05) is 0 Å². The molecular weight excluding hydrogens is 485 g/mol. The number of hydrazone groups is 1. The number of hydrogen-bond acceptors (Lipinski definition) is 6. The van der Waals surface area contributed by atoms with Crippen molar-refractivity contribution in [1.29, 1.82) is 5.26 Å². The van der Waals surface area contributed by atoms with Crippen molar-refractivity contribution in [2.24, 2.45) is 5.10 Å². The lowest BCUT2D eigenvalue weighted by Gasteiger charge is -2.44. The Kier molecular flexibility index (Phi) is 6.83. The molecule has 1 aliphatic heterocycles. The topological polar surface area (TPSA) is 133 Å². The Labute approximate surface area is 192 Å². The zero-order valence-corrected chi connectivity index (χ0v) is 19.2. The Hall–Kier alpha value is -3.00. The minimum Gasteiger partial charge on any atom is -0.435 e. The summed E-state index contributed by atoms with van der Waals surface area (Å²) in [5, 5.41) is 18.2. The molecule has 1 atom stereocenters. The number of hydrogen-bond donors (Lipinski definition) is 3. The molecule has 32 heavy (non-hydrogen) atoms. The summed E-state index contributed by atoms with van der Waals surface area (Å²) in [5.41, 5.74) is 0.966. The fraction of sp³-hybridized carbons (Fsp3) is 0.476. The summed E-state index contributed by atoms with van der Waals surface area (Å²) in [6.45, 7) is 1.63. The molecule has 2 aliphatic rings. The van der Waals surface area contributed by atoms with Gasteiger partial charge in [0.2, 0.25) is 0 Å².